The van der Waals surface area contributed by atoms with Crippen LogP contribution in [0.4, 0.5) is 0 Å². The first-order valence-corrected chi connectivity index (χ1v) is 8.22. The van der Waals surface area contributed by atoms with Crippen molar-refractivity contribution < 1.29 is 0 Å². The van der Waals surface area contributed by atoms with Crippen molar-refractivity contribution in [2.45, 2.75) is 95.8 Å². The number of rotatable bonds is 13. The fourth-order valence-electron chi connectivity index (χ4n) is 2.19. The summed E-state index contributed by atoms with van der Waals surface area (Å²) >= 11 is 4.18. The van der Waals surface area contributed by atoms with Gasteiger partial charge in [0.05, 0.1) is 0 Å². The number of hydrogen-bond donors (Lipinski definition) is 2. The van der Waals surface area contributed by atoms with E-state index in [0.29, 0.717) is 0 Å². The van der Waals surface area contributed by atoms with Crippen molar-refractivity contribution in [1.29, 1.82) is 0 Å². The molecule has 0 rings (SSSR count). The standard InChI is InChI=1S/C15H33NS/c1-2-3-4-5-6-7-8-9-10-11-12-13-14-15(16)17/h15,17H,2-14,16H2,1H3. The van der Waals surface area contributed by atoms with Crippen LogP contribution in [0.2, 0.25) is 0 Å². The molecule has 0 spiro atoms. The molecule has 0 amide bonds. The molecule has 2 heteroatoms. The summed E-state index contributed by atoms with van der Waals surface area (Å²) in [5, 5.41) is 0.0955. The molecule has 0 fully saturated rings. The number of thiol groups is 1. The zero-order valence-electron chi connectivity index (χ0n) is 11.8. The first kappa shape index (κ1) is 17.3. The second kappa shape index (κ2) is 14.4. The molecule has 1 atom stereocenters. The Morgan fingerprint density at radius 1 is 0.706 bits per heavy atom. The summed E-state index contributed by atoms with van der Waals surface area (Å²) in [6.45, 7) is 2.28. The van der Waals surface area contributed by atoms with Crippen LogP contribution in [0.1, 0.15) is 90.4 Å². The molecule has 0 heterocycles. The van der Waals surface area contributed by atoms with Gasteiger partial charge in [0.25, 0.3) is 0 Å². The maximum absolute atomic E-state index is 5.59. The average molecular weight is 260 g/mol. The van der Waals surface area contributed by atoms with Crippen molar-refractivity contribution in [2.24, 2.45) is 5.73 Å². The van der Waals surface area contributed by atoms with E-state index >= 15 is 0 Å². The van der Waals surface area contributed by atoms with Crippen molar-refractivity contribution in [1.82, 2.24) is 0 Å². The van der Waals surface area contributed by atoms with Gasteiger partial charge in [-0.25, -0.2) is 0 Å². The van der Waals surface area contributed by atoms with Crippen molar-refractivity contribution in [3.05, 3.63) is 0 Å². The van der Waals surface area contributed by atoms with E-state index in [9.17, 15) is 0 Å². The fraction of sp³-hybridized carbons (Fsp3) is 1.00. The first-order chi connectivity index (χ1) is 8.27. The lowest BCUT2D eigenvalue weighted by atomic mass is 10.0. The quantitative estimate of drug-likeness (QED) is 0.262. The molecule has 2 N–H and O–H groups in total. The van der Waals surface area contributed by atoms with Gasteiger partial charge in [-0.2, -0.15) is 12.6 Å². The Hall–Kier alpha value is 0.310. The zero-order valence-corrected chi connectivity index (χ0v) is 12.7. The fourth-order valence-corrected chi connectivity index (χ4v) is 2.38. The molecule has 0 bridgehead atoms. The van der Waals surface area contributed by atoms with Gasteiger partial charge in [-0.3, -0.25) is 0 Å². The molecule has 0 saturated heterocycles. The summed E-state index contributed by atoms with van der Waals surface area (Å²) in [4.78, 5) is 0. The smallest absolute Gasteiger partial charge is 0.0477 e. The van der Waals surface area contributed by atoms with E-state index in [-0.39, 0.29) is 5.37 Å². The van der Waals surface area contributed by atoms with Crippen molar-refractivity contribution >= 4 is 12.6 Å². The molecule has 0 aliphatic carbocycles. The highest BCUT2D eigenvalue weighted by atomic mass is 32.1. The van der Waals surface area contributed by atoms with E-state index in [1.165, 1.54) is 77.0 Å². The maximum atomic E-state index is 5.59. The van der Waals surface area contributed by atoms with Crippen molar-refractivity contribution in [3.8, 4) is 0 Å². The van der Waals surface area contributed by atoms with E-state index < -0.39 is 0 Å². The minimum absolute atomic E-state index is 0.0955. The Kier molecular flexibility index (Phi) is 14.6. The molecule has 0 aliphatic heterocycles. The van der Waals surface area contributed by atoms with Gasteiger partial charge in [0.2, 0.25) is 0 Å². The summed E-state index contributed by atoms with van der Waals surface area (Å²) in [5.41, 5.74) is 5.59. The van der Waals surface area contributed by atoms with E-state index in [0.717, 1.165) is 6.42 Å². The Morgan fingerprint density at radius 3 is 1.41 bits per heavy atom. The van der Waals surface area contributed by atoms with E-state index in [2.05, 4.69) is 19.6 Å². The minimum Gasteiger partial charge on any atom is -0.320 e. The van der Waals surface area contributed by atoms with Gasteiger partial charge in [0.15, 0.2) is 0 Å². The monoisotopic (exact) mass is 259 g/mol. The van der Waals surface area contributed by atoms with Gasteiger partial charge >= 0.3 is 0 Å². The highest BCUT2D eigenvalue weighted by Gasteiger charge is 1.95. The average Bonchev–Trinajstić information content (AvgIpc) is 2.30. The predicted molar refractivity (Wildman–Crippen MR) is 82.7 cm³/mol. The molecule has 1 nitrogen and oxygen atoms in total. The topological polar surface area (TPSA) is 26.0 Å². The SMILES string of the molecule is CCCCCCCCCCCCCCC(N)S. The second-order valence-electron chi connectivity index (χ2n) is 5.25. The third-order valence-corrected chi connectivity index (χ3v) is 3.61. The summed E-state index contributed by atoms with van der Waals surface area (Å²) in [6, 6.07) is 0. The Labute approximate surface area is 114 Å². The van der Waals surface area contributed by atoms with Gasteiger partial charge in [-0.05, 0) is 6.42 Å². The molecule has 0 aromatic rings. The molecule has 17 heavy (non-hydrogen) atoms. The number of hydrogen-bond acceptors (Lipinski definition) is 2. The van der Waals surface area contributed by atoms with Gasteiger partial charge in [-0.15, -0.1) is 0 Å². The second-order valence-corrected chi connectivity index (χ2v) is 5.91. The molecule has 0 aliphatic rings. The van der Waals surface area contributed by atoms with Gasteiger partial charge in [0, 0.05) is 5.37 Å². The summed E-state index contributed by atoms with van der Waals surface area (Å²) in [7, 11) is 0. The van der Waals surface area contributed by atoms with Crippen LogP contribution in [0.15, 0.2) is 0 Å². The third-order valence-electron chi connectivity index (χ3n) is 3.35. The van der Waals surface area contributed by atoms with Crippen LogP contribution >= 0.6 is 12.6 Å². The Bertz CT molecular complexity index is 137. The third kappa shape index (κ3) is 16.3. The van der Waals surface area contributed by atoms with E-state index in [1.54, 1.807) is 0 Å². The first-order valence-electron chi connectivity index (χ1n) is 7.71. The lowest BCUT2D eigenvalue weighted by Crippen LogP contribution is -2.10. The van der Waals surface area contributed by atoms with Crippen LogP contribution in [-0.4, -0.2) is 5.37 Å². The van der Waals surface area contributed by atoms with Crippen LogP contribution < -0.4 is 5.73 Å². The summed E-state index contributed by atoms with van der Waals surface area (Å²) < 4.78 is 0. The minimum atomic E-state index is 0.0955. The van der Waals surface area contributed by atoms with E-state index in [1.807, 2.05) is 0 Å². The lowest BCUT2D eigenvalue weighted by molar-refractivity contribution is 0.538. The Morgan fingerprint density at radius 2 is 1.06 bits per heavy atom. The van der Waals surface area contributed by atoms with Crippen molar-refractivity contribution in [3.63, 3.8) is 0 Å². The van der Waals surface area contributed by atoms with Crippen molar-refractivity contribution in [2.75, 3.05) is 0 Å². The lowest BCUT2D eigenvalue weighted by Gasteiger charge is -2.04. The predicted octanol–water partition coefficient (Wildman–Crippen LogP) is 5.29. The molecule has 0 aromatic carbocycles. The molecule has 0 saturated carbocycles. The van der Waals surface area contributed by atoms with Crippen LogP contribution in [0.3, 0.4) is 0 Å². The van der Waals surface area contributed by atoms with Crippen LogP contribution in [0, 0.1) is 0 Å². The van der Waals surface area contributed by atoms with Gasteiger partial charge < -0.3 is 5.73 Å². The number of unbranched alkanes of at least 4 members (excludes halogenated alkanes) is 11. The Balaban J connectivity index is 2.89. The summed E-state index contributed by atoms with van der Waals surface area (Å²) in [6.07, 6.45) is 17.9. The summed E-state index contributed by atoms with van der Waals surface area (Å²) in [5.74, 6) is 0. The molecular formula is C15H33NS. The largest absolute Gasteiger partial charge is 0.320 e. The zero-order chi connectivity index (χ0) is 12.8. The van der Waals surface area contributed by atoms with E-state index in [4.69, 9.17) is 5.73 Å². The van der Waals surface area contributed by atoms with Crippen LogP contribution in [-0.2, 0) is 0 Å². The van der Waals surface area contributed by atoms with Crippen LogP contribution in [0.25, 0.3) is 0 Å². The maximum Gasteiger partial charge on any atom is 0.0477 e. The molecule has 0 radical (unpaired) electrons. The molecule has 104 valence electrons. The molecule has 1 unspecified atom stereocenters. The normalized spacial score (nSPS) is 12.9. The van der Waals surface area contributed by atoms with Gasteiger partial charge in [0.1, 0.15) is 0 Å². The highest BCUT2D eigenvalue weighted by Crippen LogP contribution is 2.12. The number of nitrogens with two attached hydrogens (primary N) is 1. The van der Waals surface area contributed by atoms with Crippen LogP contribution in [0.5, 0.6) is 0 Å². The molecule has 0 aromatic heterocycles. The molecular weight excluding hydrogens is 226 g/mol. The van der Waals surface area contributed by atoms with Gasteiger partial charge in [-0.1, -0.05) is 84.0 Å². The highest BCUT2D eigenvalue weighted by molar-refractivity contribution is 7.80.